The average molecular weight is 312 g/mol. The van der Waals surface area contributed by atoms with Crippen LogP contribution < -0.4 is 0 Å². The number of likely N-dealkylation sites (tertiary alicyclic amines) is 2. The molecule has 22 heavy (non-hydrogen) atoms. The third-order valence-electron chi connectivity index (χ3n) is 5.55. The van der Waals surface area contributed by atoms with Crippen molar-refractivity contribution in [2.75, 3.05) is 52.6 Å². The second-order valence-electron chi connectivity index (χ2n) is 7.34. The smallest absolute Gasteiger partial charge is 0.0622 e. The summed E-state index contributed by atoms with van der Waals surface area (Å²) in [5.41, 5.74) is 0.655. The van der Waals surface area contributed by atoms with E-state index in [1.165, 1.54) is 45.4 Å². The SMILES string of the molecule is CC(C)N1CC2(CCOCC2)C1.CCOCC1CCN1CC. The van der Waals surface area contributed by atoms with Crippen molar-refractivity contribution in [3.05, 3.63) is 0 Å². The summed E-state index contributed by atoms with van der Waals surface area (Å²) in [6.45, 7) is 17.7. The van der Waals surface area contributed by atoms with Gasteiger partial charge in [0.05, 0.1) is 6.61 Å². The van der Waals surface area contributed by atoms with E-state index < -0.39 is 0 Å². The number of ether oxygens (including phenoxy) is 2. The fourth-order valence-electron chi connectivity index (χ4n) is 3.65. The van der Waals surface area contributed by atoms with Crippen LogP contribution in [-0.2, 0) is 9.47 Å². The molecule has 3 saturated heterocycles. The molecule has 3 aliphatic heterocycles. The Balaban J connectivity index is 0.000000164. The normalized spacial score (nSPS) is 28.0. The van der Waals surface area contributed by atoms with Crippen LogP contribution >= 0.6 is 0 Å². The molecule has 0 radical (unpaired) electrons. The first kappa shape index (κ1) is 18.2. The molecule has 0 N–H and O–H groups in total. The largest absolute Gasteiger partial charge is 0.381 e. The van der Waals surface area contributed by atoms with Crippen molar-refractivity contribution < 1.29 is 9.47 Å². The van der Waals surface area contributed by atoms with Gasteiger partial charge in [-0.2, -0.15) is 0 Å². The molecule has 130 valence electrons. The summed E-state index contributed by atoms with van der Waals surface area (Å²) in [7, 11) is 0. The predicted molar refractivity (Wildman–Crippen MR) is 91.3 cm³/mol. The molecule has 1 atom stereocenters. The maximum absolute atomic E-state index is 5.38. The van der Waals surface area contributed by atoms with Crippen molar-refractivity contribution in [3.63, 3.8) is 0 Å². The first-order valence-corrected chi connectivity index (χ1v) is 9.24. The first-order chi connectivity index (χ1) is 10.6. The minimum Gasteiger partial charge on any atom is -0.381 e. The minimum atomic E-state index is 0.655. The third-order valence-corrected chi connectivity index (χ3v) is 5.55. The van der Waals surface area contributed by atoms with Gasteiger partial charge in [-0.1, -0.05) is 6.92 Å². The van der Waals surface area contributed by atoms with Gasteiger partial charge in [-0.3, -0.25) is 9.80 Å². The van der Waals surface area contributed by atoms with E-state index in [0.29, 0.717) is 5.41 Å². The summed E-state index contributed by atoms with van der Waals surface area (Å²) in [5.74, 6) is 0. The van der Waals surface area contributed by atoms with Gasteiger partial charge in [-0.05, 0) is 46.6 Å². The van der Waals surface area contributed by atoms with Gasteiger partial charge in [0.1, 0.15) is 0 Å². The fraction of sp³-hybridized carbons (Fsp3) is 1.00. The quantitative estimate of drug-likeness (QED) is 0.779. The van der Waals surface area contributed by atoms with Crippen LogP contribution in [0.2, 0.25) is 0 Å². The monoisotopic (exact) mass is 312 g/mol. The zero-order valence-electron chi connectivity index (χ0n) is 15.1. The van der Waals surface area contributed by atoms with E-state index in [9.17, 15) is 0 Å². The lowest BCUT2D eigenvalue weighted by atomic mass is 9.73. The molecule has 3 aliphatic rings. The summed E-state index contributed by atoms with van der Waals surface area (Å²) >= 11 is 0. The topological polar surface area (TPSA) is 24.9 Å². The zero-order valence-corrected chi connectivity index (χ0v) is 15.1. The van der Waals surface area contributed by atoms with Crippen molar-refractivity contribution in [2.24, 2.45) is 5.41 Å². The van der Waals surface area contributed by atoms with Crippen LogP contribution in [-0.4, -0.2) is 74.5 Å². The maximum Gasteiger partial charge on any atom is 0.0622 e. The van der Waals surface area contributed by atoms with Crippen LogP contribution in [0.5, 0.6) is 0 Å². The molecule has 1 spiro atoms. The summed E-state index contributed by atoms with van der Waals surface area (Å²) < 4.78 is 10.7. The molecule has 4 nitrogen and oxygen atoms in total. The number of nitrogens with zero attached hydrogens (tertiary/aromatic N) is 2. The second kappa shape index (κ2) is 8.62. The molecule has 3 fully saturated rings. The number of hydrogen-bond donors (Lipinski definition) is 0. The van der Waals surface area contributed by atoms with Gasteiger partial charge < -0.3 is 9.47 Å². The van der Waals surface area contributed by atoms with Crippen molar-refractivity contribution >= 4 is 0 Å². The lowest BCUT2D eigenvalue weighted by Crippen LogP contribution is -2.60. The van der Waals surface area contributed by atoms with E-state index in [-0.39, 0.29) is 0 Å². The van der Waals surface area contributed by atoms with E-state index in [4.69, 9.17) is 9.47 Å². The van der Waals surface area contributed by atoms with E-state index >= 15 is 0 Å². The first-order valence-electron chi connectivity index (χ1n) is 9.24. The van der Waals surface area contributed by atoms with Crippen molar-refractivity contribution in [2.45, 2.75) is 59.0 Å². The van der Waals surface area contributed by atoms with Crippen LogP contribution in [0, 0.1) is 5.41 Å². The standard InChI is InChI=1S/C10H19NO.C8H17NO/c1-9(2)11-7-10(8-11)3-5-12-6-4-10;1-3-9-6-5-8(9)7-10-4-2/h9H,3-8H2,1-2H3;8H,3-7H2,1-2H3. The lowest BCUT2D eigenvalue weighted by Gasteiger charge is -2.54. The van der Waals surface area contributed by atoms with Crippen LogP contribution in [0.4, 0.5) is 0 Å². The summed E-state index contributed by atoms with van der Waals surface area (Å²) in [6.07, 6.45) is 3.90. The van der Waals surface area contributed by atoms with Crippen molar-refractivity contribution in [1.82, 2.24) is 9.80 Å². The lowest BCUT2D eigenvalue weighted by molar-refractivity contribution is -0.0919. The minimum absolute atomic E-state index is 0.655. The van der Waals surface area contributed by atoms with Gasteiger partial charge in [0, 0.05) is 57.0 Å². The predicted octanol–water partition coefficient (Wildman–Crippen LogP) is 2.62. The Morgan fingerprint density at radius 2 is 1.86 bits per heavy atom. The van der Waals surface area contributed by atoms with Gasteiger partial charge in [0.25, 0.3) is 0 Å². The Hall–Kier alpha value is -0.160. The third kappa shape index (κ3) is 4.67. The van der Waals surface area contributed by atoms with Crippen LogP contribution in [0.25, 0.3) is 0 Å². The molecule has 0 aliphatic carbocycles. The van der Waals surface area contributed by atoms with E-state index in [0.717, 1.165) is 38.5 Å². The number of hydrogen-bond acceptors (Lipinski definition) is 4. The molecule has 3 rings (SSSR count). The Labute approximate surface area is 137 Å². The van der Waals surface area contributed by atoms with Gasteiger partial charge in [-0.25, -0.2) is 0 Å². The zero-order chi connectivity index (χ0) is 16.0. The Bertz CT molecular complexity index is 306. The Morgan fingerprint density at radius 1 is 1.18 bits per heavy atom. The van der Waals surface area contributed by atoms with Crippen molar-refractivity contribution in [1.29, 1.82) is 0 Å². The van der Waals surface area contributed by atoms with Crippen LogP contribution in [0.15, 0.2) is 0 Å². The highest BCUT2D eigenvalue weighted by Gasteiger charge is 2.44. The highest BCUT2D eigenvalue weighted by atomic mass is 16.5. The highest BCUT2D eigenvalue weighted by Crippen LogP contribution is 2.40. The molecule has 1 unspecified atom stereocenters. The highest BCUT2D eigenvalue weighted by molar-refractivity contribution is 4.97. The van der Waals surface area contributed by atoms with E-state index in [1.807, 2.05) is 0 Å². The van der Waals surface area contributed by atoms with Gasteiger partial charge in [0.2, 0.25) is 0 Å². The fourth-order valence-corrected chi connectivity index (χ4v) is 3.65. The van der Waals surface area contributed by atoms with E-state index in [1.54, 1.807) is 0 Å². The van der Waals surface area contributed by atoms with Gasteiger partial charge in [-0.15, -0.1) is 0 Å². The molecule has 0 aromatic heterocycles. The molecule has 0 bridgehead atoms. The molecular weight excluding hydrogens is 276 g/mol. The summed E-state index contributed by atoms with van der Waals surface area (Å²) in [4.78, 5) is 5.01. The van der Waals surface area contributed by atoms with E-state index in [2.05, 4.69) is 37.5 Å². The summed E-state index contributed by atoms with van der Waals surface area (Å²) in [6, 6.07) is 1.46. The maximum atomic E-state index is 5.38. The molecule has 0 amide bonds. The van der Waals surface area contributed by atoms with Crippen LogP contribution in [0.3, 0.4) is 0 Å². The van der Waals surface area contributed by atoms with Gasteiger partial charge in [0.15, 0.2) is 0 Å². The van der Waals surface area contributed by atoms with Crippen LogP contribution in [0.1, 0.15) is 47.0 Å². The molecule has 0 saturated carbocycles. The Morgan fingerprint density at radius 3 is 2.32 bits per heavy atom. The molecule has 0 aromatic carbocycles. The van der Waals surface area contributed by atoms with Gasteiger partial charge >= 0.3 is 0 Å². The average Bonchev–Trinajstić information content (AvgIpc) is 2.46. The molecule has 3 heterocycles. The number of likely N-dealkylation sites (N-methyl/N-ethyl adjacent to an activating group) is 1. The van der Waals surface area contributed by atoms with Crippen molar-refractivity contribution in [3.8, 4) is 0 Å². The molecule has 4 heteroatoms. The number of rotatable bonds is 5. The molecular formula is C18H36N2O2. The Kier molecular flexibility index (Phi) is 7.13. The second-order valence-corrected chi connectivity index (χ2v) is 7.34. The molecule has 0 aromatic rings. The summed E-state index contributed by atoms with van der Waals surface area (Å²) in [5, 5.41) is 0.